The summed E-state index contributed by atoms with van der Waals surface area (Å²) in [4.78, 5) is 29.4. The second-order valence-electron chi connectivity index (χ2n) is 10.5. The van der Waals surface area contributed by atoms with Crippen molar-refractivity contribution in [3.05, 3.63) is 90.5 Å². The minimum absolute atomic E-state index is 0.0611. The Bertz CT molecular complexity index is 1410. The van der Waals surface area contributed by atoms with E-state index in [-0.39, 0.29) is 29.1 Å². The number of ether oxygens (including phenoxy) is 1. The van der Waals surface area contributed by atoms with Crippen LogP contribution in [0.1, 0.15) is 51.5 Å². The van der Waals surface area contributed by atoms with Gasteiger partial charge in [-0.3, -0.25) is 13.9 Å². The van der Waals surface area contributed by atoms with Crippen molar-refractivity contribution in [3.63, 3.8) is 0 Å². The molecule has 1 unspecified atom stereocenters. The van der Waals surface area contributed by atoms with Crippen molar-refractivity contribution < 1.29 is 22.7 Å². The SMILES string of the molecule is CCOc1ccccc1N(CC(=O)N(CCc1ccccc1)C(CC)C(=O)NC1CCCC1)S(=O)(=O)c1ccccc1. The number of hydrogen-bond donors (Lipinski definition) is 1. The lowest BCUT2D eigenvalue weighted by Gasteiger charge is -2.34. The van der Waals surface area contributed by atoms with Crippen LogP contribution >= 0.6 is 0 Å². The largest absolute Gasteiger partial charge is 0.492 e. The molecular formula is C33H41N3O5S. The molecule has 1 aliphatic rings. The minimum atomic E-state index is -4.16. The van der Waals surface area contributed by atoms with E-state index in [1.165, 1.54) is 12.1 Å². The Morgan fingerprint density at radius 2 is 1.52 bits per heavy atom. The van der Waals surface area contributed by atoms with Crippen molar-refractivity contribution >= 4 is 27.5 Å². The standard InChI is InChI=1S/C33H41N3O5S/c1-3-29(33(38)34-27-17-11-12-18-27)35(24-23-26-15-7-5-8-16-26)32(37)25-36(30-21-13-14-22-31(30)41-4-2)42(39,40)28-19-9-6-10-20-28/h5-10,13-16,19-22,27,29H,3-4,11-12,17-18,23-25H2,1-2H3,(H,34,38). The van der Waals surface area contributed by atoms with Crippen molar-refractivity contribution in [1.82, 2.24) is 10.2 Å². The summed E-state index contributed by atoms with van der Waals surface area (Å²) < 4.78 is 35.0. The Kier molecular flexibility index (Phi) is 11.0. The molecule has 0 aromatic heterocycles. The molecule has 0 aliphatic heterocycles. The van der Waals surface area contributed by atoms with Gasteiger partial charge in [-0.1, -0.05) is 80.4 Å². The Hall–Kier alpha value is -3.85. The van der Waals surface area contributed by atoms with Crippen LogP contribution in [0.5, 0.6) is 5.75 Å². The van der Waals surface area contributed by atoms with Crippen LogP contribution in [0.15, 0.2) is 89.8 Å². The zero-order chi connectivity index (χ0) is 30.0. The van der Waals surface area contributed by atoms with E-state index >= 15 is 0 Å². The summed E-state index contributed by atoms with van der Waals surface area (Å²) in [5.74, 6) is -0.294. The maximum absolute atomic E-state index is 14.2. The molecule has 1 fully saturated rings. The molecule has 9 heteroatoms. The van der Waals surface area contributed by atoms with Gasteiger partial charge in [-0.2, -0.15) is 0 Å². The fraction of sp³-hybridized carbons (Fsp3) is 0.394. The van der Waals surface area contributed by atoms with E-state index in [0.717, 1.165) is 35.6 Å². The highest BCUT2D eigenvalue weighted by Gasteiger charge is 2.35. The maximum Gasteiger partial charge on any atom is 0.264 e. The van der Waals surface area contributed by atoms with Gasteiger partial charge in [0.05, 0.1) is 17.2 Å². The van der Waals surface area contributed by atoms with Crippen molar-refractivity contribution in [2.75, 3.05) is 24.0 Å². The zero-order valence-corrected chi connectivity index (χ0v) is 25.3. The Labute approximate surface area is 249 Å². The fourth-order valence-electron chi connectivity index (χ4n) is 5.44. The summed E-state index contributed by atoms with van der Waals surface area (Å²) in [6, 6.07) is 24.0. The first-order chi connectivity index (χ1) is 20.3. The van der Waals surface area contributed by atoms with Crippen molar-refractivity contribution in [2.45, 2.75) is 69.4 Å². The average Bonchev–Trinajstić information content (AvgIpc) is 3.52. The number of anilines is 1. The van der Waals surface area contributed by atoms with Gasteiger partial charge in [0.1, 0.15) is 18.3 Å². The second-order valence-corrected chi connectivity index (χ2v) is 12.3. The molecule has 42 heavy (non-hydrogen) atoms. The number of amides is 2. The van der Waals surface area contributed by atoms with Crippen LogP contribution < -0.4 is 14.4 Å². The molecule has 2 amide bonds. The predicted molar refractivity (Wildman–Crippen MR) is 165 cm³/mol. The molecule has 0 saturated heterocycles. The Balaban J connectivity index is 1.70. The lowest BCUT2D eigenvalue weighted by atomic mass is 10.1. The van der Waals surface area contributed by atoms with Crippen LogP contribution in [0, 0.1) is 0 Å². The Morgan fingerprint density at radius 1 is 0.905 bits per heavy atom. The number of nitrogens with zero attached hydrogens (tertiary/aromatic N) is 2. The molecule has 1 aliphatic carbocycles. The van der Waals surface area contributed by atoms with Gasteiger partial charge in [0, 0.05) is 12.6 Å². The van der Waals surface area contributed by atoms with Gasteiger partial charge in [-0.05, 0) is 62.4 Å². The zero-order valence-electron chi connectivity index (χ0n) is 24.4. The van der Waals surface area contributed by atoms with E-state index < -0.39 is 28.5 Å². The number of rotatable bonds is 14. The average molecular weight is 592 g/mol. The number of benzene rings is 3. The lowest BCUT2D eigenvalue weighted by Crippen LogP contribution is -2.54. The molecule has 0 bridgehead atoms. The highest BCUT2D eigenvalue weighted by atomic mass is 32.2. The number of nitrogens with one attached hydrogen (secondary N) is 1. The normalized spacial score (nSPS) is 14.2. The molecule has 4 rings (SSSR count). The van der Waals surface area contributed by atoms with Gasteiger partial charge >= 0.3 is 0 Å². The van der Waals surface area contributed by atoms with Gasteiger partial charge in [0.15, 0.2) is 0 Å². The Morgan fingerprint density at radius 3 is 2.17 bits per heavy atom. The van der Waals surface area contributed by atoms with Crippen LogP contribution in [-0.2, 0) is 26.0 Å². The maximum atomic E-state index is 14.2. The third kappa shape index (κ3) is 7.70. The molecule has 0 heterocycles. The summed E-state index contributed by atoms with van der Waals surface area (Å²) in [6.45, 7) is 3.81. The molecule has 0 radical (unpaired) electrons. The monoisotopic (exact) mass is 591 g/mol. The van der Waals surface area contributed by atoms with Crippen LogP contribution in [0.2, 0.25) is 0 Å². The molecule has 1 atom stereocenters. The predicted octanol–water partition coefficient (Wildman–Crippen LogP) is 5.19. The quantitative estimate of drug-likeness (QED) is 0.278. The van der Waals surface area contributed by atoms with Crippen molar-refractivity contribution in [3.8, 4) is 5.75 Å². The lowest BCUT2D eigenvalue weighted by molar-refractivity contribution is -0.139. The molecule has 1 N–H and O–H groups in total. The first kappa shape index (κ1) is 31.1. The molecule has 8 nitrogen and oxygen atoms in total. The third-order valence-corrected chi connectivity index (χ3v) is 9.39. The second kappa shape index (κ2) is 14.9. The van der Waals surface area contributed by atoms with E-state index in [9.17, 15) is 18.0 Å². The number of carbonyl (C=O) groups excluding carboxylic acids is 2. The molecular weight excluding hydrogens is 550 g/mol. The van der Waals surface area contributed by atoms with Crippen molar-refractivity contribution in [1.29, 1.82) is 0 Å². The number of para-hydroxylation sites is 2. The number of hydrogen-bond acceptors (Lipinski definition) is 5. The summed E-state index contributed by atoms with van der Waals surface area (Å²) in [5, 5.41) is 3.15. The van der Waals surface area contributed by atoms with Gasteiger partial charge in [0.25, 0.3) is 10.0 Å². The molecule has 3 aromatic carbocycles. The fourth-order valence-corrected chi connectivity index (χ4v) is 6.88. The van der Waals surface area contributed by atoms with Gasteiger partial charge in [-0.25, -0.2) is 8.42 Å². The summed E-state index contributed by atoms with van der Waals surface area (Å²) in [7, 11) is -4.16. The van der Waals surface area contributed by atoms with Gasteiger partial charge in [-0.15, -0.1) is 0 Å². The third-order valence-electron chi connectivity index (χ3n) is 7.62. The molecule has 224 valence electrons. The highest BCUT2D eigenvalue weighted by molar-refractivity contribution is 7.92. The van der Waals surface area contributed by atoms with Gasteiger partial charge in [0.2, 0.25) is 11.8 Å². The highest BCUT2D eigenvalue weighted by Crippen LogP contribution is 2.33. The molecule has 3 aromatic rings. The summed E-state index contributed by atoms with van der Waals surface area (Å²) >= 11 is 0. The first-order valence-electron chi connectivity index (χ1n) is 14.8. The van der Waals surface area contributed by atoms with E-state index in [4.69, 9.17) is 4.74 Å². The smallest absolute Gasteiger partial charge is 0.264 e. The van der Waals surface area contributed by atoms with Crippen LogP contribution in [-0.4, -0.2) is 56.9 Å². The first-order valence-corrected chi connectivity index (χ1v) is 16.2. The number of sulfonamides is 1. The van der Waals surface area contributed by atoms with E-state index in [0.29, 0.717) is 25.2 Å². The van der Waals surface area contributed by atoms with Crippen LogP contribution in [0.3, 0.4) is 0 Å². The topological polar surface area (TPSA) is 96.0 Å². The van der Waals surface area contributed by atoms with Crippen LogP contribution in [0.25, 0.3) is 0 Å². The van der Waals surface area contributed by atoms with Crippen molar-refractivity contribution in [2.24, 2.45) is 0 Å². The van der Waals surface area contributed by atoms with Gasteiger partial charge < -0.3 is 15.0 Å². The van der Waals surface area contributed by atoms with Crippen LogP contribution in [0.4, 0.5) is 5.69 Å². The van der Waals surface area contributed by atoms with E-state index in [1.54, 1.807) is 47.4 Å². The summed E-state index contributed by atoms with van der Waals surface area (Å²) in [6.07, 6.45) is 4.93. The van der Waals surface area contributed by atoms with E-state index in [1.807, 2.05) is 44.2 Å². The summed E-state index contributed by atoms with van der Waals surface area (Å²) in [5.41, 5.74) is 1.29. The molecule has 0 spiro atoms. The number of carbonyl (C=O) groups is 2. The van der Waals surface area contributed by atoms with E-state index in [2.05, 4.69) is 5.32 Å². The minimum Gasteiger partial charge on any atom is -0.492 e. The molecule has 1 saturated carbocycles.